The summed E-state index contributed by atoms with van der Waals surface area (Å²) in [6, 6.07) is 9.32. The van der Waals surface area contributed by atoms with Crippen LogP contribution in [-0.2, 0) is 24.8 Å². The van der Waals surface area contributed by atoms with Crippen molar-refractivity contribution in [3.05, 3.63) is 29.8 Å². The molecule has 142 valence electrons. The molecule has 1 saturated carbocycles. The molecule has 1 aromatic carbocycles. The van der Waals surface area contributed by atoms with Crippen LogP contribution in [0.2, 0.25) is 0 Å². The number of likely N-dealkylation sites (tertiary alicyclic amines) is 1. The molecule has 2 amide bonds. The number of sulfone groups is 1. The van der Waals surface area contributed by atoms with Gasteiger partial charge in [0.05, 0.1) is 17.2 Å². The van der Waals surface area contributed by atoms with E-state index in [1.807, 2.05) is 0 Å². The van der Waals surface area contributed by atoms with Crippen LogP contribution in [-0.4, -0.2) is 49.2 Å². The van der Waals surface area contributed by atoms with Crippen LogP contribution in [0.1, 0.15) is 31.2 Å². The summed E-state index contributed by atoms with van der Waals surface area (Å²) in [5.74, 6) is -2.07. The molecule has 1 N–H and O–H groups in total. The number of hydrogen-bond acceptors (Lipinski definition) is 5. The van der Waals surface area contributed by atoms with Crippen molar-refractivity contribution >= 4 is 27.3 Å². The van der Waals surface area contributed by atoms with Crippen LogP contribution in [0, 0.1) is 17.2 Å². The minimum absolute atomic E-state index is 0.0348. The van der Waals surface area contributed by atoms with Gasteiger partial charge in [-0.15, -0.1) is 0 Å². The van der Waals surface area contributed by atoms with Crippen molar-refractivity contribution < 1.29 is 18.0 Å². The summed E-state index contributed by atoms with van der Waals surface area (Å²) in [7, 11) is -3.50. The third kappa shape index (κ3) is 2.72. The topological polar surface area (TPSA) is 107 Å². The minimum atomic E-state index is -3.50. The van der Waals surface area contributed by atoms with Crippen molar-refractivity contribution in [1.82, 2.24) is 4.90 Å². The Kier molecular flexibility index (Phi) is 4.22. The second kappa shape index (κ2) is 6.34. The number of anilines is 1. The van der Waals surface area contributed by atoms with Gasteiger partial charge in [-0.05, 0) is 24.5 Å². The molecule has 1 saturated heterocycles. The van der Waals surface area contributed by atoms with Crippen LogP contribution < -0.4 is 5.32 Å². The molecule has 4 rings (SSSR count). The number of nitrogens with one attached hydrogen (secondary N) is 1. The molecule has 0 bridgehead atoms. The highest BCUT2D eigenvalue weighted by Crippen LogP contribution is 2.47. The third-order valence-corrected chi connectivity index (χ3v) is 8.28. The molecule has 2 atom stereocenters. The lowest BCUT2D eigenvalue weighted by molar-refractivity contribution is -0.128. The number of rotatable bonds is 3. The molecule has 0 aromatic heterocycles. The minimum Gasteiger partial charge on any atom is -0.339 e. The Morgan fingerprint density at radius 2 is 2.00 bits per heavy atom. The maximum absolute atomic E-state index is 12.8. The smallest absolute Gasteiger partial charge is 0.238 e. The van der Waals surface area contributed by atoms with E-state index in [2.05, 4.69) is 11.4 Å². The van der Waals surface area contributed by atoms with Gasteiger partial charge in [-0.25, -0.2) is 8.42 Å². The Bertz CT molecular complexity index is 946. The van der Waals surface area contributed by atoms with E-state index in [9.17, 15) is 23.3 Å². The molecular weight excluding hydrogens is 366 g/mol. The SMILES string of the molecule is N#C[C@H]1CN(C(=O)CS(=O)(=O)C2CCCC2)C[C@@]12C(=O)Nc1ccccc12. The number of nitrogens with zero attached hydrogens (tertiary/aromatic N) is 2. The van der Waals surface area contributed by atoms with E-state index < -0.39 is 38.1 Å². The fourth-order valence-electron chi connectivity index (χ4n) is 4.66. The zero-order valence-electron chi connectivity index (χ0n) is 14.8. The molecule has 1 aromatic rings. The highest BCUT2D eigenvalue weighted by molar-refractivity contribution is 7.92. The van der Waals surface area contributed by atoms with Crippen LogP contribution >= 0.6 is 0 Å². The lowest BCUT2D eigenvalue weighted by atomic mass is 9.74. The Hall–Kier alpha value is -2.40. The Labute approximate surface area is 158 Å². The van der Waals surface area contributed by atoms with Crippen LogP contribution in [0.5, 0.6) is 0 Å². The van der Waals surface area contributed by atoms with Gasteiger partial charge in [0.25, 0.3) is 0 Å². The number of nitriles is 1. The van der Waals surface area contributed by atoms with E-state index in [1.165, 1.54) is 4.90 Å². The number of carbonyl (C=O) groups is 2. The summed E-state index contributed by atoms with van der Waals surface area (Å²) in [6.07, 6.45) is 2.96. The number of hydrogen-bond donors (Lipinski definition) is 1. The maximum Gasteiger partial charge on any atom is 0.238 e. The molecule has 7 nitrogen and oxygen atoms in total. The first-order chi connectivity index (χ1) is 12.9. The number of benzene rings is 1. The van der Waals surface area contributed by atoms with Crippen LogP contribution in [0.25, 0.3) is 0 Å². The summed E-state index contributed by atoms with van der Waals surface area (Å²) in [5.41, 5.74) is 0.226. The average Bonchev–Trinajstić information content (AvgIpc) is 3.35. The van der Waals surface area contributed by atoms with E-state index in [0.29, 0.717) is 24.1 Å². The van der Waals surface area contributed by atoms with Gasteiger partial charge in [-0.2, -0.15) is 5.26 Å². The predicted molar refractivity (Wildman–Crippen MR) is 98.5 cm³/mol. The Balaban J connectivity index is 1.60. The van der Waals surface area contributed by atoms with Crippen molar-refractivity contribution in [1.29, 1.82) is 5.26 Å². The molecular formula is C19H21N3O4S. The molecule has 8 heteroatoms. The fraction of sp³-hybridized carbons (Fsp3) is 0.526. The van der Waals surface area contributed by atoms with Crippen molar-refractivity contribution in [3.8, 4) is 6.07 Å². The van der Waals surface area contributed by atoms with Gasteiger partial charge < -0.3 is 10.2 Å². The number of carbonyl (C=O) groups excluding carboxylic acids is 2. The van der Waals surface area contributed by atoms with Gasteiger partial charge in [0, 0.05) is 18.8 Å². The van der Waals surface area contributed by atoms with E-state index in [-0.39, 0.29) is 19.0 Å². The van der Waals surface area contributed by atoms with Gasteiger partial charge in [-0.1, -0.05) is 31.0 Å². The van der Waals surface area contributed by atoms with Crippen molar-refractivity contribution in [2.45, 2.75) is 36.3 Å². The first-order valence-electron chi connectivity index (χ1n) is 9.18. The van der Waals surface area contributed by atoms with E-state index in [4.69, 9.17) is 0 Å². The van der Waals surface area contributed by atoms with Crippen LogP contribution in [0.4, 0.5) is 5.69 Å². The average molecular weight is 387 g/mol. The van der Waals surface area contributed by atoms with E-state index >= 15 is 0 Å². The normalized spacial score (nSPS) is 27.6. The molecule has 27 heavy (non-hydrogen) atoms. The third-order valence-electron chi connectivity index (χ3n) is 6.14. The van der Waals surface area contributed by atoms with Gasteiger partial charge in [-0.3, -0.25) is 9.59 Å². The highest BCUT2D eigenvalue weighted by atomic mass is 32.2. The predicted octanol–water partition coefficient (Wildman–Crippen LogP) is 1.22. The molecule has 1 spiro atoms. The monoisotopic (exact) mass is 387 g/mol. The van der Waals surface area contributed by atoms with Crippen molar-refractivity contribution in [2.75, 3.05) is 24.2 Å². The molecule has 2 heterocycles. The van der Waals surface area contributed by atoms with Gasteiger partial charge in [0.15, 0.2) is 9.84 Å². The molecule has 1 aliphatic carbocycles. The van der Waals surface area contributed by atoms with Crippen LogP contribution in [0.15, 0.2) is 24.3 Å². The summed E-state index contributed by atoms with van der Waals surface area (Å²) < 4.78 is 25.1. The summed E-state index contributed by atoms with van der Waals surface area (Å²) in [4.78, 5) is 26.9. The first-order valence-corrected chi connectivity index (χ1v) is 10.9. The molecule has 3 aliphatic rings. The maximum atomic E-state index is 12.8. The summed E-state index contributed by atoms with van der Waals surface area (Å²) in [5, 5.41) is 12.0. The zero-order valence-corrected chi connectivity index (χ0v) is 15.7. The number of amides is 2. The summed E-state index contributed by atoms with van der Waals surface area (Å²) in [6.45, 7) is 0.102. The number of fused-ring (bicyclic) bond motifs is 2. The molecule has 0 radical (unpaired) electrons. The van der Waals surface area contributed by atoms with Gasteiger partial charge >= 0.3 is 0 Å². The largest absolute Gasteiger partial charge is 0.339 e. The fourth-order valence-corrected chi connectivity index (χ4v) is 6.48. The van der Waals surface area contributed by atoms with Gasteiger partial charge in [0.2, 0.25) is 11.8 Å². The molecule has 2 fully saturated rings. The quantitative estimate of drug-likeness (QED) is 0.839. The Morgan fingerprint density at radius 1 is 1.30 bits per heavy atom. The standard InChI is InChI=1S/C19H21N3O4S/c20-9-13-10-22(17(23)11-27(25,26)14-5-1-2-6-14)12-19(13)15-7-3-4-8-16(15)21-18(19)24/h3-4,7-8,13-14H,1-2,5-6,10-12H2,(H,21,24)/t13-,19+/m0/s1. The number of para-hydroxylation sites is 1. The lowest BCUT2D eigenvalue weighted by Crippen LogP contribution is -2.43. The highest BCUT2D eigenvalue weighted by Gasteiger charge is 2.58. The van der Waals surface area contributed by atoms with E-state index in [1.54, 1.807) is 24.3 Å². The van der Waals surface area contributed by atoms with E-state index in [0.717, 1.165) is 12.8 Å². The van der Waals surface area contributed by atoms with Crippen molar-refractivity contribution in [2.24, 2.45) is 5.92 Å². The molecule has 2 aliphatic heterocycles. The first kappa shape index (κ1) is 18.0. The van der Waals surface area contributed by atoms with Crippen LogP contribution in [0.3, 0.4) is 0 Å². The Morgan fingerprint density at radius 3 is 2.70 bits per heavy atom. The summed E-state index contributed by atoms with van der Waals surface area (Å²) >= 11 is 0. The van der Waals surface area contributed by atoms with Gasteiger partial charge in [0.1, 0.15) is 11.2 Å². The lowest BCUT2D eigenvalue weighted by Gasteiger charge is -2.24. The zero-order chi connectivity index (χ0) is 19.2. The second-order valence-corrected chi connectivity index (χ2v) is 9.92. The second-order valence-electron chi connectivity index (χ2n) is 7.64. The van der Waals surface area contributed by atoms with Crippen molar-refractivity contribution in [3.63, 3.8) is 0 Å². The molecule has 0 unspecified atom stereocenters.